The molecule has 0 bridgehead atoms. The first-order valence-electron chi connectivity index (χ1n) is 2.22. The second kappa shape index (κ2) is 9.81. The molecule has 11 heavy (non-hydrogen) atoms. The SMILES string of the molecule is [B]P(P)[C-](P(P)P)P(P)P.[Y]. The van der Waals surface area contributed by atoms with E-state index in [0.29, 0.717) is 0 Å². The van der Waals surface area contributed by atoms with Crippen LogP contribution >= 0.6 is 66.7 Å². The van der Waals surface area contributed by atoms with Crippen molar-refractivity contribution in [2.45, 2.75) is 0 Å². The van der Waals surface area contributed by atoms with Crippen LogP contribution in [0.2, 0.25) is 0 Å². The summed E-state index contributed by atoms with van der Waals surface area (Å²) in [6, 6.07) is 0. The molecule has 0 aromatic carbocycles. The zero-order valence-corrected chi connectivity index (χ0v) is 17.2. The largest absolute Gasteiger partial charge is 0.281 e. The van der Waals surface area contributed by atoms with Crippen molar-refractivity contribution in [1.82, 2.24) is 0 Å². The summed E-state index contributed by atoms with van der Waals surface area (Å²) < 4.78 is 0. The zero-order chi connectivity index (χ0) is 8.31. The van der Waals surface area contributed by atoms with Crippen molar-refractivity contribution in [2.24, 2.45) is 0 Å². The van der Waals surface area contributed by atoms with Crippen molar-refractivity contribution in [2.75, 3.05) is 0 Å². The second-order valence-electron chi connectivity index (χ2n) is 1.52. The van der Waals surface area contributed by atoms with Crippen molar-refractivity contribution in [3.05, 3.63) is 5.14 Å². The predicted molar refractivity (Wildman–Crippen MR) is 78.3 cm³/mol. The summed E-state index contributed by atoms with van der Waals surface area (Å²) in [5.74, 6) is 0. The van der Waals surface area contributed by atoms with Gasteiger partial charge in [0.1, 0.15) is 0 Å². The van der Waals surface area contributed by atoms with E-state index in [0.717, 1.165) is 0 Å². The molecule has 0 rings (SSSR count). The molecule has 0 saturated heterocycles. The van der Waals surface area contributed by atoms with Gasteiger partial charge in [-0.3, -0.25) is 7.49 Å². The maximum absolute atomic E-state index is 5.81. The van der Waals surface area contributed by atoms with E-state index in [1.807, 2.05) is 0 Å². The van der Waals surface area contributed by atoms with Gasteiger partial charge in [0.05, 0.1) is 7.57 Å². The molecule has 0 aliphatic rings. The van der Waals surface area contributed by atoms with Gasteiger partial charge in [0.2, 0.25) is 0 Å². The summed E-state index contributed by atoms with van der Waals surface area (Å²) in [7, 11) is 19.1. The molecule has 0 amide bonds. The first-order chi connectivity index (χ1) is 4.46. The first kappa shape index (κ1) is 18.0. The van der Waals surface area contributed by atoms with Crippen molar-refractivity contribution in [3.8, 4) is 0 Å². The van der Waals surface area contributed by atoms with E-state index in [2.05, 4.69) is 44.6 Å². The molecule has 0 fully saturated rings. The Balaban J connectivity index is 0. The Kier molecular flexibility index (Phi) is 16.0. The molecule has 6 unspecified atom stereocenters. The van der Waals surface area contributed by atoms with Gasteiger partial charge in [0.25, 0.3) is 0 Å². The molecule has 6 atom stereocenters. The van der Waals surface area contributed by atoms with Crippen molar-refractivity contribution >= 4 is 74.3 Å². The normalized spacial score (nSPS) is 13.8. The van der Waals surface area contributed by atoms with Gasteiger partial charge >= 0.3 is 0 Å². The van der Waals surface area contributed by atoms with Crippen LogP contribution in [-0.2, 0) is 32.7 Å². The van der Waals surface area contributed by atoms with Crippen LogP contribution < -0.4 is 0 Å². The maximum Gasteiger partial charge on any atom is 0.0736 e. The first-order valence-corrected chi connectivity index (χ1v) is 14.4. The summed E-state index contributed by atoms with van der Waals surface area (Å²) in [4.78, 5) is 0. The van der Waals surface area contributed by atoms with Gasteiger partial charge in [-0.2, -0.15) is 8.93 Å². The minimum absolute atomic E-state index is 0. The van der Waals surface area contributed by atoms with Gasteiger partial charge < -0.3 is 0 Å². The van der Waals surface area contributed by atoms with Gasteiger partial charge in [-0.15, -0.1) is 35.7 Å². The fraction of sp³-hybridized carbons (Fsp3) is 0. The molecular weight excluding hydrogens is 360 g/mol. The predicted octanol–water partition coefficient (Wildman–Crippen LogP) is 3.91. The molecule has 0 aliphatic heterocycles. The minimum Gasteiger partial charge on any atom is -0.281 e. The molecule has 10 heteroatoms. The molecule has 0 nitrogen and oxygen atoms in total. The minimum atomic E-state index is -0.435. The van der Waals surface area contributed by atoms with Crippen molar-refractivity contribution in [1.29, 1.82) is 0 Å². The van der Waals surface area contributed by atoms with E-state index in [-0.39, 0.29) is 47.3 Å². The zero-order valence-electron chi connectivity index (χ0n) is 5.88. The molecular formula is CH10BP8Y-. The number of rotatable bonds is 3. The van der Waals surface area contributed by atoms with Crippen LogP contribution in [0.5, 0.6) is 0 Å². The molecule has 0 aromatic heterocycles. The van der Waals surface area contributed by atoms with Crippen LogP contribution in [0.4, 0.5) is 0 Å². The van der Waals surface area contributed by atoms with E-state index in [9.17, 15) is 0 Å². The topological polar surface area (TPSA) is 0 Å². The Hall–Kier alpha value is 4.61. The molecule has 0 saturated carbocycles. The Morgan fingerprint density at radius 2 is 1.18 bits per heavy atom. The van der Waals surface area contributed by atoms with E-state index in [1.165, 1.54) is 5.14 Å². The third-order valence-electron chi connectivity index (χ3n) is 0.693. The Bertz CT molecular complexity index is 75.1. The monoisotopic (exact) mass is 370 g/mol. The Morgan fingerprint density at radius 3 is 1.18 bits per heavy atom. The van der Waals surface area contributed by atoms with Gasteiger partial charge in [0.15, 0.2) is 0 Å². The molecule has 0 spiro atoms. The van der Waals surface area contributed by atoms with Crippen LogP contribution in [-0.4, -0.2) is 7.57 Å². The average Bonchev–Trinajstić information content (AvgIpc) is 1.59. The summed E-state index contributed by atoms with van der Waals surface area (Å²) in [5, 5.41) is 1.48. The van der Waals surface area contributed by atoms with E-state index in [1.54, 1.807) is 0 Å². The molecule has 0 aliphatic carbocycles. The Morgan fingerprint density at radius 1 is 0.909 bits per heavy atom. The average molecular weight is 370 g/mol. The van der Waals surface area contributed by atoms with Crippen LogP contribution in [0.25, 0.3) is 0 Å². The Labute approximate surface area is 111 Å². The third kappa shape index (κ3) is 8.42. The van der Waals surface area contributed by atoms with E-state index in [4.69, 9.17) is 7.57 Å². The number of hydrogen-bond acceptors (Lipinski definition) is 0. The van der Waals surface area contributed by atoms with Gasteiger partial charge in [0, 0.05) is 32.7 Å². The van der Waals surface area contributed by atoms with E-state index >= 15 is 0 Å². The van der Waals surface area contributed by atoms with Crippen molar-refractivity contribution in [3.63, 3.8) is 0 Å². The van der Waals surface area contributed by atoms with Crippen LogP contribution in [0.3, 0.4) is 0 Å². The summed E-state index contributed by atoms with van der Waals surface area (Å²) >= 11 is 0. The maximum atomic E-state index is 5.81. The summed E-state index contributed by atoms with van der Waals surface area (Å²) in [6.45, 7) is 0. The molecule has 3 radical (unpaired) electrons. The fourth-order valence-electron chi connectivity index (χ4n) is 0.400. The molecule has 0 heterocycles. The van der Waals surface area contributed by atoms with Gasteiger partial charge in [-0.05, 0) is 0 Å². The van der Waals surface area contributed by atoms with Gasteiger partial charge in [-0.25, -0.2) is 19.7 Å². The second-order valence-corrected chi connectivity index (χ2v) is 18.3. The fourth-order valence-corrected chi connectivity index (χ4v) is 25.2. The van der Waals surface area contributed by atoms with Crippen LogP contribution in [0.15, 0.2) is 0 Å². The summed E-state index contributed by atoms with van der Waals surface area (Å²) in [6.07, 6.45) is 0. The van der Waals surface area contributed by atoms with Crippen LogP contribution in [0.1, 0.15) is 0 Å². The smallest absolute Gasteiger partial charge is 0.0736 e. The standard InChI is InChI=1S/CH10BP8.Y/c2-8(3)1(9(4)5)10(6)7;/h3-7H2;/q-1;. The van der Waals surface area contributed by atoms with Crippen LogP contribution in [0, 0.1) is 5.14 Å². The summed E-state index contributed by atoms with van der Waals surface area (Å²) in [5.41, 5.74) is 0. The van der Waals surface area contributed by atoms with E-state index < -0.39 is 7.49 Å². The van der Waals surface area contributed by atoms with Gasteiger partial charge in [-0.1, -0.05) is 0 Å². The molecule has 0 N–H and O–H groups in total. The molecule has 0 aromatic rings. The number of hydrogen-bond donors (Lipinski definition) is 0. The third-order valence-corrected chi connectivity index (χ3v) is 16.6. The quantitative estimate of drug-likeness (QED) is 0.402. The van der Waals surface area contributed by atoms with Crippen molar-refractivity contribution < 1.29 is 32.7 Å². The molecule has 61 valence electrons.